The zero-order valence-electron chi connectivity index (χ0n) is 40.0. The van der Waals surface area contributed by atoms with Crippen molar-refractivity contribution in [1.82, 2.24) is 29.9 Å². The number of carbonyl (C=O) groups is 1. The molecule has 8 aromatic rings. The fourth-order valence-corrected chi connectivity index (χ4v) is 7.30. The molecule has 1 unspecified atom stereocenters. The molecule has 12 nitrogen and oxygen atoms in total. The van der Waals surface area contributed by atoms with Crippen molar-refractivity contribution < 1.29 is 29.6 Å². The van der Waals surface area contributed by atoms with E-state index in [9.17, 15) is 20.1 Å². The van der Waals surface area contributed by atoms with Crippen LogP contribution in [0.3, 0.4) is 0 Å². The number of ether oxygens (including phenoxy) is 2. The average Bonchev–Trinajstić information content (AvgIpc) is 3.40. The van der Waals surface area contributed by atoms with E-state index in [-0.39, 0.29) is 34.9 Å². The van der Waals surface area contributed by atoms with Gasteiger partial charge in [-0.25, -0.2) is 34.7 Å². The maximum atomic E-state index is 12.6. The summed E-state index contributed by atoms with van der Waals surface area (Å²) in [6.07, 6.45) is 4.28. The molecule has 6 aromatic carbocycles. The lowest BCUT2D eigenvalue weighted by Crippen LogP contribution is -2.14. The minimum atomic E-state index is -0.359. The summed E-state index contributed by atoms with van der Waals surface area (Å²) in [6.45, 7) is 19.2. The Morgan fingerprint density at radius 1 is 0.514 bits per heavy atom. The summed E-state index contributed by atoms with van der Waals surface area (Å²) in [4.78, 5) is 40.4. The van der Waals surface area contributed by atoms with Gasteiger partial charge < -0.3 is 24.8 Å². The first-order chi connectivity index (χ1) is 34.1. The van der Waals surface area contributed by atoms with Crippen molar-refractivity contribution in [3.63, 3.8) is 0 Å². The fourth-order valence-electron chi connectivity index (χ4n) is 7.30. The third-order valence-corrected chi connectivity index (χ3v) is 11.2. The van der Waals surface area contributed by atoms with Gasteiger partial charge in [-0.2, -0.15) is 0 Å². The predicted octanol–water partition coefficient (Wildman–Crippen LogP) is 13.4. The van der Waals surface area contributed by atoms with E-state index in [1.165, 1.54) is 0 Å². The number of phenolic OH excluding ortho intramolecular Hbond substituents is 3. The van der Waals surface area contributed by atoms with Crippen LogP contribution in [0.5, 0.6) is 17.2 Å². The normalized spacial score (nSPS) is 11.0. The van der Waals surface area contributed by atoms with Crippen LogP contribution in [0.2, 0.25) is 0 Å². The van der Waals surface area contributed by atoms with Crippen molar-refractivity contribution in [3.05, 3.63) is 182 Å². The van der Waals surface area contributed by atoms with E-state index in [4.69, 9.17) is 14.5 Å². The molecular weight excluding hydrogens is 877 g/mol. The van der Waals surface area contributed by atoms with Gasteiger partial charge in [-0.1, -0.05) is 137 Å². The Hall–Kier alpha value is -8.51. The average molecular weight is 935 g/mol. The molecule has 0 bridgehead atoms. The first-order valence-corrected chi connectivity index (χ1v) is 23.2. The molecule has 0 spiro atoms. The van der Waals surface area contributed by atoms with Gasteiger partial charge >= 0.3 is 5.97 Å². The van der Waals surface area contributed by atoms with Crippen molar-refractivity contribution >= 4 is 11.7 Å². The molecule has 3 N–H and O–H groups in total. The lowest BCUT2D eigenvalue weighted by atomic mass is 10.0. The van der Waals surface area contributed by atoms with Crippen LogP contribution in [0.1, 0.15) is 67.9 Å². The Morgan fingerprint density at radius 3 is 1.30 bits per heavy atom. The van der Waals surface area contributed by atoms with Crippen molar-refractivity contribution in [1.29, 1.82) is 0 Å². The Labute approximate surface area is 409 Å². The second-order valence-corrected chi connectivity index (χ2v) is 16.0. The Balaban J connectivity index is 0.000000225. The van der Waals surface area contributed by atoms with Gasteiger partial charge in [0.2, 0.25) is 0 Å². The minimum Gasteiger partial charge on any atom is -0.507 e. The van der Waals surface area contributed by atoms with Gasteiger partial charge in [-0.15, -0.1) is 13.2 Å². The molecular formula is C58H58N6O6. The second kappa shape index (κ2) is 25.0. The summed E-state index contributed by atoms with van der Waals surface area (Å²) in [5.74, 6) is 3.21. The molecule has 0 saturated heterocycles. The molecule has 0 amide bonds. The SMILES string of the molecule is C=C.C=C(OCC)c1ccc(-c2nc(-c3ccccc3C)nc(-c3ccccc3O)n2)cc1.CCCCC(CC)COC(=O)c1ccc(-c2nc(-c3ccccc3O)nc(-c3ccccc3O)n2)cc1. The number of nitrogens with zero attached hydrogens (tertiary/aromatic N) is 6. The van der Waals surface area contributed by atoms with Gasteiger partial charge in [0.1, 0.15) is 23.0 Å². The highest BCUT2D eigenvalue weighted by Crippen LogP contribution is 2.34. The van der Waals surface area contributed by atoms with Crippen LogP contribution in [0.25, 0.3) is 74.1 Å². The molecule has 12 heteroatoms. The van der Waals surface area contributed by atoms with Crippen molar-refractivity contribution in [2.45, 2.75) is 53.4 Å². The molecule has 2 aromatic heterocycles. The smallest absolute Gasteiger partial charge is 0.338 e. The number of hydrogen-bond donors (Lipinski definition) is 3. The summed E-state index contributed by atoms with van der Waals surface area (Å²) < 4.78 is 11.1. The number of unbranched alkanes of at least 4 members (excludes halogenated alkanes) is 1. The van der Waals surface area contributed by atoms with E-state index >= 15 is 0 Å². The summed E-state index contributed by atoms with van der Waals surface area (Å²) in [5, 5.41) is 31.2. The standard InChI is InChI=1S/C30H31N3O4.C26H23N3O2.C2H4/c1-3-5-10-20(4-2)19-37-30(36)22-17-15-21(16-18-22)27-31-28(23-11-6-8-13-25(23)34)33-29(32-27)24-12-7-9-14-26(24)35;1-4-31-18(3)19-13-15-20(16-14-19)24-27-25(21-10-6-5-9-17(21)2)29-26(28-24)22-11-7-8-12-23(22)30;1-2/h6-9,11-18,20,34-35H,3-5,10,19H2,1-2H3;5-16,30H,3-4H2,1-2H3;1-2H2. The number of esters is 1. The maximum absolute atomic E-state index is 12.6. The van der Waals surface area contributed by atoms with Crippen LogP contribution in [0, 0.1) is 12.8 Å². The van der Waals surface area contributed by atoms with E-state index in [2.05, 4.69) is 58.5 Å². The number of rotatable bonds is 16. The largest absolute Gasteiger partial charge is 0.507 e. The van der Waals surface area contributed by atoms with Gasteiger partial charge in [0.25, 0.3) is 0 Å². The summed E-state index contributed by atoms with van der Waals surface area (Å²) >= 11 is 0. The van der Waals surface area contributed by atoms with Gasteiger partial charge in [-0.3, -0.25) is 0 Å². The Bertz CT molecular complexity index is 2890. The lowest BCUT2D eigenvalue weighted by Gasteiger charge is -2.14. The quantitative estimate of drug-likeness (QED) is 0.0476. The number of aromatic nitrogens is 6. The number of aromatic hydroxyl groups is 3. The first kappa shape index (κ1) is 50.9. The van der Waals surface area contributed by atoms with Gasteiger partial charge in [0, 0.05) is 22.3 Å². The van der Waals surface area contributed by atoms with Crippen molar-refractivity contribution in [3.8, 4) is 85.6 Å². The molecule has 1 atom stereocenters. The summed E-state index contributed by atoms with van der Waals surface area (Å²) in [5.41, 5.74) is 6.26. The van der Waals surface area contributed by atoms with Crippen LogP contribution in [-0.4, -0.2) is 64.4 Å². The second-order valence-electron chi connectivity index (χ2n) is 16.0. The highest BCUT2D eigenvalue weighted by atomic mass is 16.5. The van der Waals surface area contributed by atoms with Crippen LogP contribution in [-0.2, 0) is 9.47 Å². The van der Waals surface area contributed by atoms with E-state index in [1.807, 2.05) is 68.4 Å². The van der Waals surface area contributed by atoms with Gasteiger partial charge in [0.05, 0.1) is 35.5 Å². The summed E-state index contributed by atoms with van der Waals surface area (Å²) in [7, 11) is 0. The third kappa shape index (κ3) is 12.9. The Morgan fingerprint density at radius 2 is 0.900 bits per heavy atom. The van der Waals surface area contributed by atoms with E-state index in [0.717, 1.165) is 47.9 Å². The monoisotopic (exact) mass is 934 g/mol. The third-order valence-electron chi connectivity index (χ3n) is 11.2. The van der Waals surface area contributed by atoms with E-state index < -0.39 is 0 Å². The molecule has 0 fully saturated rings. The van der Waals surface area contributed by atoms with Gasteiger partial charge in [0.15, 0.2) is 34.9 Å². The molecule has 0 aliphatic heterocycles. The molecule has 0 aliphatic rings. The highest BCUT2D eigenvalue weighted by molar-refractivity contribution is 5.90. The van der Waals surface area contributed by atoms with Crippen LogP contribution < -0.4 is 0 Å². The molecule has 8 rings (SSSR count). The topological polar surface area (TPSA) is 174 Å². The zero-order chi connectivity index (χ0) is 50.0. The van der Waals surface area contributed by atoms with Crippen molar-refractivity contribution in [2.24, 2.45) is 5.92 Å². The number of benzene rings is 6. The van der Waals surface area contributed by atoms with E-state index in [0.29, 0.717) is 76.0 Å². The predicted molar refractivity (Wildman–Crippen MR) is 278 cm³/mol. The zero-order valence-corrected chi connectivity index (χ0v) is 40.0. The molecule has 2 heterocycles. The molecule has 0 radical (unpaired) electrons. The molecule has 356 valence electrons. The lowest BCUT2D eigenvalue weighted by molar-refractivity contribution is 0.0428. The van der Waals surface area contributed by atoms with Crippen LogP contribution in [0.15, 0.2) is 165 Å². The maximum Gasteiger partial charge on any atom is 0.338 e. The number of carbonyl (C=O) groups excluding carboxylic acids is 1. The van der Waals surface area contributed by atoms with Crippen molar-refractivity contribution in [2.75, 3.05) is 13.2 Å². The van der Waals surface area contributed by atoms with E-state index in [1.54, 1.807) is 91.0 Å². The van der Waals surface area contributed by atoms with Crippen LogP contribution in [0.4, 0.5) is 0 Å². The molecule has 0 saturated carbocycles. The fraction of sp³-hybridized carbons (Fsp3) is 0.190. The Kier molecular flexibility index (Phi) is 18.2. The summed E-state index contributed by atoms with van der Waals surface area (Å²) in [6, 6.07) is 43.2. The van der Waals surface area contributed by atoms with Gasteiger partial charge in [-0.05, 0) is 80.3 Å². The number of para-hydroxylation sites is 3. The highest BCUT2D eigenvalue weighted by Gasteiger charge is 2.19. The number of phenols is 3. The minimum absolute atomic E-state index is 0.0327. The molecule has 0 aliphatic carbocycles. The first-order valence-electron chi connectivity index (χ1n) is 23.2. The number of aryl methyl sites for hydroxylation is 1. The van der Waals surface area contributed by atoms with Crippen LogP contribution >= 0.6 is 0 Å². The molecule has 70 heavy (non-hydrogen) atoms. The number of hydrogen-bond acceptors (Lipinski definition) is 12.